The Morgan fingerprint density at radius 1 is 1.27 bits per heavy atom. The van der Waals surface area contributed by atoms with E-state index in [1.165, 1.54) is 30.5 Å². The maximum Gasteiger partial charge on any atom is 0.355 e. The highest BCUT2D eigenvalue weighted by Crippen LogP contribution is 2.39. The van der Waals surface area contributed by atoms with Crippen LogP contribution in [0.1, 0.15) is 5.56 Å². The van der Waals surface area contributed by atoms with Crippen LogP contribution in [-0.2, 0) is 19.1 Å². The highest BCUT2D eigenvalue weighted by Gasteiger charge is 2.31. The van der Waals surface area contributed by atoms with Gasteiger partial charge in [0, 0.05) is 6.20 Å². The average molecular weight is 442 g/mol. The van der Waals surface area contributed by atoms with Crippen molar-refractivity contribution in [3.8, 4) is 6.07 Å². The Morgan fingerprint density at radius 3 is 2.50 bits per heavy atom. The zero-order valence-corrected chi connectivity index (χ0v) is 15.9. The number of anilines is 1. The number of nitriles is 1. The van der Waals surface area contributed by atoms with E-state index in [0.717, 1.165) is 19.1 Å². The molecule has 0 unspecified atom stereocenters. The molecule has 1 aliphatic heterocycles. The van der Waals surface area contributed by atoms with Crippen molar-refractivity contribution in [3.63, 3.8) is 0 Å². The quantitative estimate of drug-likeness (QED) is 0.527. The minimum atomic E-state index is -0.898. The first-order chi connectivity index (χ1) is 12.4. The number of carbonyl (C=O) groups is 2. The minimum Gasteiger partial charge on any atom is -0.465 e. The first-order valence-corrected chi connectivity index (χ1v) is 8.17. The van der Waals surface area contributed by atoms with Crippen molar-refractivity contribution in [2.24, 2.45) is 0 Å². The van der Waals surface area contributed by atoms with Gasteiger partial charge >= 0.3 is 11.9 Å². The number of methoxy groups -OCH3 is 2. The molecule has 134 valence electrons. The van der Waals surface area contributed by atoms with Crippen molar-refractivity contribution in [2.45, 2.75) is 0 Å². The van der Waals surface area contributed by atoms with E-state index in [0.29, 0.717) is 0 Å². The smallest absolute Gasteiger partial charge is 0.355 e. The number of hydrogen-bond acceptors (Lipinski definition) is 6. The van der Waals surface area contributed by atoms with Gasteiger partial charge in [0.1, 0.15) is 17.3 Å². The zero-order valence-electron chi connectivity index (χ0n) is 13.5. The summed E-state index contributed by atoms with van der Waals surface area (Å²) in [7, 11) is 2.27. The van der Waals surface area contributed by atoms with Crippen LogP contribution in [0.15, 0.2) is 46.2 Å². The molecule has 0 N–H and O–H groups in total. The van der Waals surface area contributed by atoms with E-state index in [9.17, 15) is 19.2 Å². The largest absolute Gasteiger partial charge is 0.465 e. The van der Waals surface area contributed by atoms with Crippen LogP contribution in [0.3, 0.4) is 0 Å². The first kappa shape index (κ1) is 19.7. The van der Waals surface area contributed by atoms with Crippen LogP contribution in [0.25, 0.3) is 0 Å². The standard InChI is InChI=1S/C17H11BrClFN2O4/c1-25-16(23)9-5-3-4-6-22(15(9)17(24)26-2)14-10(8-21)13(20)11(18)7-12(14)19/h3-7H,1-2H3. The summed E-state index contributed by atoms with van der Waals surface area (Å²) in [6.45, 7) is 0. The minimum absolute atomic E-state index is 0.0171. The third-order valence-corrected chi connectivity index (χ3v) is 4.25. The van der Waals surface area contributed by atoms with Crippen LogP contribution in [0.4, 0.5) is 10.1 Å². The third kappa shape index (κ3) is 3.49. The van der Waals surface area contributed by atoms with Crippen molar-refractivity contribution in [1.29, 1.82) is 5.26 Å². The van der Waals surface area contributed by atoms with Crippen molar-refractivity contribution in [2.75, 3.05) is 19.1 Å². The highest BCUT2D eigenvalue weighted by molar-refractivity contribution is 9.10. The fourth-order valence-corrected chi connectivity index (χ4v) is 3.11. The summed E-state index contributed by atoms with van der Waals surface area (Å²) in [4.78, 5) is 25.6. The molecule has 0 atom stereocenters. The zero-order chi connectivity index (χ0) is 19.4. The number of rotatable bonds is 3. The summed E-state index contributed by atoms with van der Waals surface area (Å²) in [5.41, 5.74) is -0.949. The molecular formula is C17H11BrClFN2O4. The number of hydrogen-bond donors (Lipinski definition) is 0. The molecular weight excluding hydrogens is 431 g/mol. The van der Waals surface area contributed by atoms with Gasteiger partial charge in [0.15, 0.2) is 5.82 Å². The maximum absolute atomic E-state index is 14.4. The third-order valence-electron chi connectivity index (χ3n) is 3.39. The molecule has 0 saturated carbocycles. The molecule has 0 bridgehead atoms. The summed E-state index contributed by atoms with van der Waals surface area (Å²) in [6.07, 6.45) is 5.65. The van der Waals surface area contributed by atoms with Gasteiger partial charge in [0.05, 0.1) is 35.0 Å². The van der Waals surface area contributed by atoms with Crippen LogP contribution in [0.2, 0.25) is 5.02 Å². The van der Waals surface area contributed by atoms with Crippen molar-refractivity contribution >= 4 is 45.2 Å². The normalized spacial score (nSPS) is 13.3. The predicted octanol–water partition coefficient (Wildman–Crippen LogP) is 3.60. The summed E-state index contributed by atoms with van der Waals surface area (Å²) in [5.74, 6) is -2.58. The molecule has 0 aliphatic carbocycles. The Bertz CT molecular complexity index is 918. The van der Waals surface area contributed by atoms with Gasteiger partial charge in [-0.2, -0.15) is 5.26 Å². The van der Waals surface area contributed by atoms with Crippen LogP contribution in [-0.4, -0.2) is 26.2 Å². The van der Waals surface area contributed by atoms with Crippen LogP contribution in [0, 0.1) is 17.1 Å². The van der Waals surface area contributed by atoms with E-state index in [4.69, 9.17) is 21.1 Å². The molecule has 9 heteroatoms. The lowest BCUT2D eigenvalue weighted by molar-refractivity contribution is -0.139. The van der Waals surface area contributed by atoms with Crippen molar-refractivity contribution in [1.82, 2.24) is 0 Å². The fraction of sp³-hybridized carbons (Fsp3) is 0.118. The number of nitrogens with zero attached hydrogens (tertiary/aromatic N) is 2. The molecule has 0 saturated heterocycles. The molecule has 6 nitrogen and oxygen atoms in total. The summed E-state index contributed by atoms with van der Waals surface area (Å²) >= 11 is 9.19. The number of allylic oxidation sites excluding steroid dienone is 2. The molecule has 0 amide bonds. The molecule has 1 aromatic rings. The molecule has 2 rings (SSSR count). The Hall–Kier alpha value is -2.63. The predicted molar refractivity (Wildman–Crippen MR) is 95.6 cm³/mol. The van der Waals surface area contributed by atoms with Gasteiger partial charge in [-0.3, -0.25) is 0 Å². The van der Waals surface area contributed by atoms with E-state index in [2.05, 4.69) is 15.9 Å². The van der Waals surface area contributed by atoms with Gasteiger partial charge in [-0.25, -0.2) is 14.0 Å². The van der Waals surface area contributed by atoms with Gasteiger partial charge in [-0.05, 0) is 34.1 Å². The van der Waals surface area contributed by atoms with Gasteiger partial charge in [-0.15, -0.1) is 0 Å². The van der Waals surface area contributed by atoms with E-state index in [1.54, 1.807) is 6.07 Å². The van der Waals surface area contributed by atoms with E-state index < -0.39 is 23.3 Å². The second-order valence-corrected chi connectivity index (χ2v) is 6.07. The number of carbonyl (C=O) groups excluding carboxylic acids is 2. The molecule has 26 heavy (non-hydrogen) atoms. The Kier molecular flexibility index (Phi) is 6.18. The van der Waals surface area contributed by atoms with Crippen molar-refractivity contribution in [3.05, 3.63) is 62.6 Å². The SMILES string of the molecule is COC(=O)C1=C(C(=O)OC)N(c2c(Cl)cc(Br)c(F)c2C#N)C=CC=C1. The van der Waals surface area contributed by atoms with Crippen LogP contribution >= 0.6 is 27.5 Å². The monoisotopic (exact) mass is 440 g/mol. The first-order valence-electron chi connectivity index (χ1n) is 6.99. The van der Waals surface area contributed by atoms with Crippen molar-refractivity contribution < 1.29 is 23.5 Å². The van der Waals surface area contributed by atoms with Gasteiger partial charge in [-0.1, -0.05) is 17.7 Å². The molecule has 0 aromatic heterocycles. The maximum atomic E-state index is 14.4. The molecule has 1 aliphatic rings. The van der Waals surface area contributed by atoms with Gasteiger partial charge in [0.2, 0.25) is 0 Å². The number of benzene rings is 1. The van der Waals surface area contributed by atoms with Gasteiger partial charge < -0.3 is 14.4 Å². The second kappa shape index (κ2) is 8.17. The van der Waals surface area contributed by atoms with E-state index >= 15 is 0 Å². The summed E-state index contributed by atoms with van der Waals surface area (Å²) in [6, 6.07) is 2.96. The Labute approximate surface area is 161 Å². The lowest BCUT2D eigenvalue weighted by atomic mass is 10.1. The molecule has 0 spiro atoms. The fourth-order valence-electron chi connectivity index (χ4n) is 2.26. The molecule has 1 aromatic carbocycles. The Balaban J connectivity index is 2.87. The molecule has 0 fully saturated rings. The summed E-state index contributed by atoms with van der Waals surface area (Å²) < 4.78 is 23.8. The van der Waals surface area contributed by atoms with Gasteiger partial charge in [0.25, 0.3) is 0 Å². The Morgan fingerprint density at radius 2 is 1.92 bits per heavy atom. The highest BCUT2D eigenvalue weighted by atomic mass is 79.9. The number of halogens is 3. The topological polar surface area (TPSA) is 79.6 Å². The lowest BCUT2D eigenvalue weighted by Gasteiger charge is -2.25. The average Bonchev–Trinajstić information content (AvgIpc) is 2.85. The second-order valence-electron chi connectivity index (χ2n) is 4.81. The van der Waals surface area contributed by atoms with Crippen LogP contribution < -0.4 is 4.90 Å². The number of ether oxygens (including phenoxy) is 2. The van der Waals surface area contributed by atoms with E-state index in [1.807, 2.05) is 0 Å². The number of esters is 2. The molecule has 0 radical (unpaired) electrons. The lowest BCUT2D eigenvalue weighted by Crippen LogP contribution is -2.28. The molecule has 1 heterocycles. The van der Waals surface area contributed by atoms with Crippen LogP contribution in [0.5, 0.6) is 0 Å². The summed E-state index contributed by atoms with van der Waals surface area (Å²) in [5, 5.41) is 9.37. The van der Waals surface area contributed by atoms with E-state index in [-0.39, 0.29) is 26.5 Å².